The molecule has 2 heterocycles. The fourth-order valence-corrected chi connectivity index (χ4v) is 4.25. The maximum Gasteiger partial charge on any atom is 0.226 e. The topological polar surface area (TPSA) is 81.4 Å². The third-order valence-corrected chi connectivity index (χ3v) is 5.95. The first-order valence-electron chi connectivity index (χ1n) is 7.68. The van der Waals surface area contributed by atoms with Crippen LogP contribution in [-0.2, 0) is 15.6 Å². The van der Waals surface area contributed by atoms with Crippen LogP contribution in [0, 0.1) is 0 Å². The number of nitrogens with zero attached hydrogens (tertiary/aromatic N) is 1. The minimum atomic E-state index is -3.20. The highest BCUT2D eigenvalue weighted by Crippen LogP contribution is 2.23. The van der Waals surface area contributed by atoms with Crippen LogP contribution < -0.4 is 10.1 Å². The molecular weight excluding hydrogens is 316 g/mol. The molecule has 1 unspecified atom stereocenters. The Hall–Kier alpha value is -1.86. The third-order valence-electron chi connectivity index (χ3n) is 3.84. The lowest BCUT2D eigenvalue weighted by molar-refractivity contribution is 0.340. The summed E-state index contributed by atoms with van der Waals surface area (Å²) in [4.78, 5) is 4.31. The summed E-state index contributed by atoms with van der Waals surface area (Å²) in [6.07, 6.45) is 2.08. The first kappa shape index (κ1) is 16.0. The predicted octanol–water partition coefficient (Wildman–Crippen LogP) is 2.02. The molecule has 1 aliphatic heterocycles. The number of sulfone groups is 1. The van der Waals surface area contributed by atoms with Crippen molar-refractivity contribution in [1.82, 2.24) is 10.3 Å². The Balaban J connectivity index is 1.72. The van der Waals surface area contributed by atoms with E-state index >= 15 is 0 Å². The number of hydrogen-bond acceptors (Lipinski definition) is 6. The Morgan fingerprint density at radius 2 is 2.13 bits per heavy atom. The first-order valence-corrected chi connectivity index (χ1v) is 9.40. The summed E-state index contributed by atoms with van der Waals surface area (Å²) in [6.45, 7) is 3.80. The normalized spacial score (nSPS) is 18.2. The summed E-state index contributed by atoms with van der Waals surface area (Å²) in [6, 6.07) is 7.36. The molecule has 1 fully saturated rings. The number of benzene rings is 1. The van der Waals surface area contributed by atoms with Gasteiger partial charge in [-0.15, -0.1) is 0 Å². The fraction of sp³-hybridized carbons (Fsp3) is 0.438. The third kappa shape index (κ3) is 3.73. The highest BCUT2D eigenvalue weighted by Gasteiger charge is 2.29. The van der Waals surface area contributed by atoms with Gasteiger partial charge < -0.3 is 14.5 Å². The van der Waals surface area contributed by atoms with Crippen molar-refractivity contribution in [3.8, 4) is 17.2 Å². The van der Waals surface area contributed by atoms with E-state index in [0.29, 0.717) is 31.2 Å². The van der Waals surface area contributed by atoms with Crippen molar-refractivity contribution in [2.24, 2.45) is 0 Å². The monoisotopic (exact) mass is 336 g/mol. The maximum absolute atomic E-state index is 12.3. The van der Waals surface area contributed by atoms with E-state index in [1.165, 1.54) is 6.26 Å². The number of hydrogen-bond donors (Lipinski definition) is 1. The molecule has 1 aromatic heterocycles. The summed E-state index contributed by atoms with van der Waals surface area (Å²) in [7, 11) is -3.20. The molecule has 124 valence electrons. The molecule has 1 saturated heterocycles. The number of nitrogens with one attached hydrogen (secondary N) is 1. The molecule has 0 bridgehead atoms. The molecule has 23 heavy (non-hydrogen) atoms. The lowest BCUT2D eigenvalue weighted by Crippen LogP contribution is -2.25. The van der Waals surface area contributed by atoms with Gasteiger partial charge in [0.05, 0.1) is 23.3 Å². The van der Waals surface area contributed by atoms with Gasteiger partial charge in [-0.1, -0.05) is 0 Å². The van der Waals surface area contributed by atoms with E-state index in [1.54, 1.807) is 0 Å². The Morgan fingerprint density at radius 3 is 2.78 bits per heavy atom. The van der Waals surface area contributed by atoms with Gasteiger partial charge in [-0.3, -0.25) is 0 Å². The molecule has 2 aromatic rings. The molecule has 0 radical (unpaired) electrons. The highest BCUT2D eigenvalue weighted by molar-refractivity contribution is 7.91. The van der Waals surface area contributed by atoms with Crippen molar-refractivity contribution in [3.05, 3.63) is 36.2 Å². The molecule has 0 saturated carbocycles. The Morgan fingerprint density at radius 1 is 1.35 bits per heavy atom. The van der Waals surface area contributed by atoms with Crippen LogP contribution in [0.2, 0.25) is 0 Å². The van der Waals surface area contributed by atoms with Gasteiger partial charge >= 0.3 is 0 Å². The number of ether oxygens (including phenoxy) is 1. The minimum Gasteiger partial charge on any atom is -0.494 e. The molecular formula is C16H20N2O4S. The second-order valence-corrected chi connectivity index (χ2v) is 7.80. The second kappa shape index (κ2) is 6.72. The first-order chi connectivity index (χ1) is 11.1. The molecule has 3 rings (SSSR count). The van der Waals surface area contributed by atoms with E-state index in [1.807, 2.05) is 31.2 Å². The largest absolute Gasteiger partial charge is 0.494 e. The van der Waals surface area contributed by atoms with E-state index in [-0.39, 0.29) is 11.0 Å². The average Bonchev–Trinajstić information content (AvgIpc) is 3.19. The number of oxazole rings is 1. The molecule has 0 amide bonds. The Bertz CT molecular complexity index is 747. The summed E-state index contributed by atoms with van der Waals surface area (Å²) >= 11 is 0. The smallest absolute Gasteiger partial charge is 0.226 e. The van der Waals surface area contributed by atoms with Crippen LogP contribution in [0.3, 0.4) is 0 Å². The molecule has 1 atom stereocenters. The lowest BCUT2D eigenvalue weighted by Gasteiger charge is -2.08. The number of aromatic nitrogens is 1. The Labute approximate surface area is 135 Å². The standard InChI is InChI=1S/C16H20N2O4S/c1-2-21-14-5-3-12(4-6-14)16-18-13(10-22-16)11-23(19,20)15-7-8-17-9-15/h3-6,10,15,17H,2,7-9,11H2,1H3. The van der Waals surface area contributed by atoms with E-state index < -0.39 is 9.84 Å². The molecule has 1 aliphatic rings. The summed E-state index contributed by atoms with van der Waals surface area (Å²) in [5.74, 6) is 1.11. The van der Waals surface area contributed by atoms with Gasteiger partial charge in [-0.2, -0.15) is 0 Å². The van der Waals surface area contributed by atoms with Gasteiger partial charge in [0.1, 0.15) is 12.0 Å². The van der Waals surface area contributed by atoms with Gasteiger partial charge in [0.2, 0.25) is 5.89 Å². The lowest BCUT2D eigenvalue weighted by atomic mass is 10.2. The van der Waals surface area contributed by atoms with Crippen LogP contribution in [0.1, 0.15) is 19.0 Å². The SMILES string of the molecule is CCOc1ccc(-c2nc(CS(=O)(=O)C3CCNC3)co2)cc1. The van der Waals surface area contributed by atoms with Crippen molar-refractivity contribution in [3.63, 3.8) is 0 Å². The van der Waals surface area contributed by atoms with Crippen molar-refractivity contribution >= 4 is 9.84 Å². The van der Waals surface area contributed by atoms with Crippen molar-refractivity contribution in [2.75, 3.05) is 19.7 Å². The number of rotatable bonds is 6. The molecule has 1 N–H and O–H groups in total. The van der Waals surface area contributed by atoms with Gasteiger partial charge in [-0.05, 0) is 44.2 Å². The van der Waals surface area contributed by atoms with E-state index in [0.717, 1.165) is 17.9 Å². The average molecular weight is 336 g/mol. The van der Waals surface area contributed by atoms with Gasteiger partial charge in [0.15, 0.2) is 9.84 Å². The summed E-state index contributed by atoms with van der Waals surface area (Å²) in [5, 5.41) is 2.75. The highest BCUT2D eigenvalue weighted by atomic mass is 32.2. The van der Waals surface area contributed by atoms with Crippen LogP contribution in [0.4, 0.5) is 0 Å². The van der Waals surface area contributed by atoms with Crippen molar-refractivity contribution < 1.29 is 17.6 Å². The molecule has 1 aromatic carbocycles. The van der Waals surface area contributed by atoms with Crippen LogP contribution in [0.5, 0.6) is 5.75 Å². The predicted molar refractivity (Wildman–Crippen MR) is 87.0 cm³/mol. The summed E-state index contributed by atoms with van der Waals surface area (Å²) < 4.78 is 35.5. The summed E-state index contributed by atoms with van der Waals surface area (Å²) in [5.41, 5.74) is 1.24. The van der Waals surface area contributed by atoms with Crippen LogP contribution >= 0.6 is 0 Å². The van der Waals surface area contributed by atoms with Gasteiger partial charge in [0.25, 0.3) is 0 Å². The zero-order chi connectivity index (χ0) is 16.3. The van der Waals surface area contributed by atoms with Gasteiger partial charge in [-0.25, -0.2) is 13.4 Å². The quantitative estimate of drug-likeness (QED) is 0.869. The van der Waals surface area contributed by atoms with Gasteiger partial charge in [0, 0.05) is 12.1 Å². The molecule has 6 nitrogen and oxygen atoms in total. The van der Waals surface area contributed by atoms with Crippen LogP contribution in [-0.4, -0.2) is 38.3 Å². The molecule has 0 spiro atoms. The van der Waals surface area contributed by atoms with Crippen LogP contribution in [0.15, 0.2) is 34.9 Å². The molecule has 7 heteroatoms. The minimum absolute atomic E-state index is 0.0835. The molecule has 0 aliphatic carbocycles. The van der Waals surface area contributed by atoms with Crippen molar-refractivity contribution in [2.45, 2.75) is 24.3 Å². The maximum atomic E-state index is 12.3. The van der Waals surface area contributed by atoms with Crippen LogP contribution in [0.25, 0.3) is 11.5 Å². The Kier molecular flexibility index (Phi) is 4.68. The van der Waals surface area contributed by atoms with E-state index in [2.05, 4.69) is 10.3 Å². The second-order valence-electron chi connectivity index (χ2n) is 5.52. The van der Waals surface area contributed by atoms with E-state index in [4.69, 9.17) is 9.15 Å². The fourth-order valence-electron chi connectivity index (χ4n) is 2.62. The van der Waals surface area contributed by atoms with Crippen molar-refractivity contribution in [1.29, 1.82) is 0 Å². The zero-order valence-corrected chi connectivity index (χ0v) is 13.8. The van der Waals surface area contributed by atoms with E-state index in [9.17, 15) is 8.42 Å². The zero-order valence-electron chi connectivity index (χ0n) is 13.0.